The lowest BCUT2D eigenvalue weighted by atomic mass is 9.74. The van der Waals surface area contributed by atoms with E-state index in [1.54, 1.807) is 0 Å². The standard InChI is InChI=1S/C14H24N2O/c1-3-4-8-12(2)16-13(17)14(11-15)9-6-5-7-10-14/h12H,3-10H2,1-2H3,(H,16,17). The minimum atomic E-state index is -0.737. The number of rotatable bonds is 5. The summed E-state index contributed by atoms with van der Waals surface area (Å²) in [6.07, 6.45) is 7.90. The van der Waals surface area contributed by atoms with E-state index >= 15 is 0 Å². The van der Waals surface area contributed by atoms with Crippen LogP contribution < -0.4 is 5.32 Å². The van der Waals surface area contributed by atoms with Gasteiger partial charge in [-0.1, -0.05) is 39.0 Å². The molecule has 0 aromatic rings. The Kier molecular flexibility index (Phi) is 5.47. The van der Waals surface area contributed by atoms with Gasteiger partial charge in [0.2, 0.25) is 5.91 Å². The Hall–Kier alpha value is -1.04. The fraction of sp³-hybridized carbons (Fsp3) is 0.857. The van der Waals surface area contributed by atoms with Crippen LogP contribution in [-0.2, 0) is 4.79 Å². The molecule has 0 heterocycles. The third-order valence-corrected chi connectivity index (χ3v) is 3.72. The molecule has 1 N–H and O–H groups in total. The molecule has 1 amide bonds. The molecule has 1 aliphatic rings. The lowest BCUT2D eigenvalue weighted by Crippen LogP contribution is -2.45. The summed E-state index contributed by atoms with van der Waals surface area (Å²) in [5.74, 6) is -0.0386. The molecule has 0 aromatic heterocycles. The minimum absolute atomic E-state index is 0.0386. The quantitative estimate of drug-likeness (QED) is 0.797. The molecule has 0 aromatic carbocycles. The average molecular weight is 236 g/mol. The number of amides is 1. The van der Waals surface area contributed by atoms with Crippen LogP contribution in [0.25, 0.3) is 0 Å². The Morgan fingerprint density at radius 1 is 1.41 bits per heavy atom. The predicted molar refractivity (Wildman–Crippen MR) is 68.3 cm³/mol. The molecule has 0 spiro atoms. The molecule has 3 heteroatoms. The highest BCUT2D eigenvalue weighted by molar-refractivity contribution is 5.85. The summed E-state index contributed by atoms with van der Waals surface area (Å²) in [7, 11) is 0. The summed E-state index contributed by atoms with van der Waals surface area (Å²) >= 11 is 0. The number of unbranched alkanes of at least 4 members (excludes halogenated alkanes) is 1. The number of carbonyl (C=O) groups is 1. The Bertz CT molecular complexity index is 287. The zero-order valence-electron chi connectivity index (χ0n) is 11.1. The minimum Gasteiger partial charge on any atom is -0.352 e. The Morgan fingerprint density at radius 3 is 2.59 bits per heavy atom. The largest absolute Gasteiger partial charge is 0.352 e. The van der Waals surface area contributed by atoms with Crippen LogP contribution in [0.4, 0.5) is 0 Å². The van der Waals surface area contributed by atoms with Gasteiger partial charge in [0.05, 0.1) is 6.07 Å². The molecule has 1 atom stereocenters. The zero-order valence-corrected chi connectivity index (χ0v) is 11.1. The van der Waals surface area contributed by atoms with Gasteiger partial charge in [0.25, 0.3) is 0 Å². The summed E-state index contributed by atoms with van der Waals surface area (Å²) in [6.45, 7) is 4.17. The number of nitriles is 1. The smallest absolute Gasteiger partial charge is 0.240 e. The molecule has 0 saturated heterocycles. The molecule has 1 saturated carbocycles. The van der Waals surface area contributed by atoms with Crippen molar-refractivity contribution in [2.24, 2.45) is 5.41 Å². The van der Waals surface area contributed by atoms with E-state index < -0.39 is 5.41 Å². The molecule has 3 nitrogen and oxygen atoms in total. The van der Waals surface area contributed by atoms with Crippen LogP contribution in [0.3, 0.4) is 0 Å². The third-order valence-electron chi connectivity index (χ3n) is 3.72. The SMILES string of the molecule is CCCCC(C)NC(=O)C1(C#N)CCCCC1. The summed E-state index contributed by atoms with van der Waals surface area (Å²) in [6, 6.07) is 2.46. The third kappa shape index (κ3) is 3.73. The molecule has 1 unspecified atom stereocenters. The maximum atomic E-state index is 12.2. The highest BCUT2D eigenvalue weighted by Gasteiger charge is 2.40. The van der Waals surface area contributed by atoms with Crippen molar-refractivity contribution in [3.05, 3.63) is 0 Å². The van der Waals surface area contributed by atoms with Crippen molar-refractivity contribution in [3.63, 3.8) is 0 Å². The zero-order chi connectivity index (χ0) is 12.7. The molecular weight excluding hydrogens is 212 g/mol. The number of nitrogens with zero attached hydrogens (tertiary/aromatic N) is 1. The lowest BCUT2D eigenvalue weighted by Gasteiger charge is -2.30. The molecule has 1 fully saturated rings. The van der Waals surface area contributed by atoms with E-state index in [4.69, 9.17) is 0 Å². The average Bonchev–Trinajstić information content (AvgIpc) is 2.37. The van der Waals surface area contributed by atoms with Crippen molar-refractivity contribution in [2.75, 3.05) is 0 Å². The van der Waals surface area contributed by atoms with Crippen LogP contribution in [0, 0.1) is 16.7 Å². The van der Waals surface area contributed by atoms with Gasteiger partial charge in [0.15, 0.2) is 0 Å². The normalized spacial score (nSPS) is 20.3. The van der Waals surface area contributed by atoms with Crippen LogP contribution in [0.15, 0.2) is 0 Å². The van der Waals surface area contributed by atoms with Crippen LogP contribution >= 0.6 is 0 Å². The Balaban J connectivity index is 2.52. The van der Waals surface area contributed by atoms with Crippen LogP contribution in [0.2, 0.25) is 0 Å². The summed E-state index contributed by atoms with van der Waals surface area (Å²) in [4.78, 5) is 12.2. The van der Waals surface area contributed by atoms with Gasteiger partial charge < -0.3 is 5.32 Å². The number of hydrogen-bond acceptors (Lipinski definition) is 2. The fourth-order valence-electron chi connectivity index (χ4n) is 2.49. The van der Waals surface area contributed by atoms with Crippen LogP contribution in [-0.4, -0.2) is 11.9 Å². The van der Waals surface area contributed by atoms with Crippen LogP contribution in [0.1, 0.15) is 65.2 Å². The fourth-order valence-corrected chi connectivity index (χ4v) is 2.49. The topological polar surface area (TPSA) is 52.9 Å². The Labute approximate surface area is 105 Å². The summed E-state index contributed by atoms with van der Waals surface area (Å²) in [5.41, 5.74) is -0.737. The maximum Gasteiger partial charge on any atom is 0.240 e. The lowest BCUT2D eigenvalue weighted by molar-refractivity contribution is -0.130. The number of carbonyl (C=O) groups excluding carboxylic acids is 1. The van der Waals surface area contributed by atoms with E-state index in [0.717, 1.165) is 51.4 Å². The van der Waals surface area contributed by atoms with E-state index in [0.29, 0.717) is 0 Å². The first-order valence-corrected chi connectivity index (χ1v) is 6.87. The molecule has 0 radical (unpaired) electrons. The highest BCUT2D eigenvalue weighted by Crippen LogP contribution is 2.35. The second kappa shape index (κ2) is 6.64. The maximum absolute atomic E-state index is 12.2. The van der Waals surface area contributed by atoms with Crippen molar-refractivity contribution in [2.45, 2.75) is 71.3 Å². The van der Waals surface area contributed by atoms with E-state index in [1.165, 1.54) is 0 Å². The van der Waals surface area contributed by atoms with Gasteiger partial charge in [-0.05, 0) is 26.2 Å². The second-order valence-corrected chi connectivity index (χ2v) is 5.27. The van der Waals surface area contributed by atoms with Gasteiger partial charge in [0, 0.05) is 6.04 Å². The predicted octanol–water partition coefficient (Wildman–Crippen LogP) is 3.16. The van der Waals surface area contributed by atoms with Crippen molar-refractivity contribution in [1.82, 2.24) is 5.32 Å². The number of hydrogen-bond donors (Lipinski definition) is 1. The summed E-state index contributed by atoms with van der Waals surface area (Å²) < 4.78 is 0. The van der Waals surface area contributed by atoms with Crippen molar-refractivity contribution >= 4 is 5.91 Å². The van der Waals surface area contributed by atoms with Crippen molar-refractivity contribution in [1.29, 1.82) is 5.26 Å². The first kappa shape index (κ1) is 14.0. The molecule has 0 bridgehead atoms. The van der Waals surface area contributed by atoms with Gasteiger partial charge >= 0.3 is 0 Å². The van der Waals surface area contributed by atoms with Crippen molar-refractivity contribution in [3.8, 4) is 6.07 Å². The van der Waals surface area contributed by atoms with E-state index in [-0.39, 0.29) is 11.9 Å². The van der Waals surface area contributed by atoms with Crippen LogP contribution in [0.5, 0.6) is 0 Å². The highest BCUT2D eigenvalue weighted by atomic mass is 16.2. The van der Waals surface area contributed by atoms with Crippen molar-refractivity contribution < 1.29 is 4.79 Å². The summed E-state index contributed by atoms with van der Waals surface area (Å²) in [5, 5.41) is 12.3. The number of nitrogens with one attached hydrogen (secondary N) is 1. The van der Waals surface area contributed by atoms with Gasteiger partial charge in [-0.2, -0.15) is 5.26 Å². The molecule has 1 aliphatic carbocycles. The monoisotopic (exact) mass is 236 g/mol. The first-order valence-electron chi connectivity index (χ1n) is 6.87. The van der Waals surface area contributed by atoms with Gasteiger partial charge in [0.1, 0.15) is 5.41 Å². The molecule has 17 heavy (non-hydrogen) atoms. The Morgan fingerprint density at radius 2 is 2.06 bits per heavy atom. The van der Waals surface area contributed by atoms with E-state index in [9.17, 15) is 10.1 Å². The van der Waals surface area contributed by atoms with E-state index in [2.05, 4.69) is 18.3 Å². The van der Waals surface area contributed by atoms with Gasteiger partial charge in [-0.15, -0.1) is 0 Å². The molecule has 96 valence electrons. The van der Waals surface area contributed by atoms with Gasteiger partial charge in [-0.25, -0.2) is 0 Å². The van der Waals surface area contributed by atoms with E-state index in [1.807, 2.05) is 6.92 Å². The second-order valence-electron chi connectivity index (χ2n) is 5.27. The van der Waals surface area contributed by atoms with Gasteiger partial charge in [-0.3, -0.25) is 4.79 Å². The molecule has 1 rings (SSSR count). The molecular formula is C14H24N2O. The first-order chi connectivity index (χ1) is 8.14. The molecule has 0 aliphatic heterocycles.